The van der Waals surface area contributed by atoms with Gasteiger partial charge >= 0.3 is 5.97 Å². The third-order valence-electron chi connectivity index (χ3n) is 7.34. The number of hydrogen-bond acceptors (Lipinski definition) is 6. The van der Waals surface area contributed by atoms with Gasteiger partial charge in [-0.15, -0.1) is 11.3 Å². The van der Waals surface area contributed by atoms with E-state index in [9.17, 15) is 9.59 Å². The van der Waals surface area contributed by atoms with E-state index >= 15 is 0 Å². The minimum absolute atomic E-state index is 0.0598. The summed E-state index contributed by atoms with van der Waals surface area (Å²) in [6.45, 7) is 8.85. The average molecular weight is 584 g/mol. The van der Waals surface area contributed by atoms with E-state index in [1.54, 1.807) is 29.5 Å². The summed E-state index contributed by atoms with van der Waals surface area (Å²) in [5.74, 6) is 0.757. The fraction of sp³-hybridized carbons (Fsp3) is 0.379. The number of methoxy groups -OCH3 is 1. The summed E-state index contributed by atoms with van der Waals surface area (Å²) in [6.07, 6.45) is 2.61. The van der Waals surface area contributed by atoms with Gasteiger partial charge in [-0.3, -0.25) is 4.79 Å². The summed E-state index contributed by atoms with van der Waals surface area (Å²) >= 11 is 5.24. The summed E-state index contributed by atoms with van der Waals surface area (Å²) in [5.41, 5.74) is 4.53. The number of rotatable bonds is 4. The first-order valence-electron chi connectivity index (χ1n) is 12.4. The number of carbonyl (C=O) groups excluding carboxylic acids is 2. The molecule has 6 nitrogen and oxygen atoms in total. The van der Waals surface area contributed by atoms with Crippen LogP contribution in [0.3, 0.4) is 0 Å². The predicted molar refractivity (Wildman–Crippen MR) is 150 cm³/mol. The van der Waals surface area contributed by atoms with Crippen LogP contribution in [0, 0.1) is 18.3 Å². The summed E-state index contributed by atoms with van der Waals surface area (Å²) < 4.78 is 11.8. The van der Waals surface area contributed by atoms with Crippen LogP contribution in [-0.4, -0.2) is 19.0 Å². The molecule has 0 saturated heterocycles. The number of esters is 1. The number of nitrogens with one attached hydrogen (secondary N) is 2. The fourth-order valence-electron chi connectivity index (χ4n) is 5.05. The van der Waals surface area contributed by atoms with Crippen LogP contribution < -0.4 is 20.1 Å². The Bertz CT molecular complexity index is 1370. The highest BCUT2D eigenvalue weighted by Gasteiger charge is 2.37. The van der Waals surface area contributed by atoms with E-state index in [0.717, 1.165) is 41.0 Å². The molecule has 1 amide bonds. The van der Waals surface area contributed by atoms with E-state index in [4.69, 9.17) is 9.47 Å². The van der Waals surface area contributed by atoms with Crippen molar-refractivity contribution in [3.8, 4) is 11.5 Å². The number of amides is 1. The van der Waals surface area contributed by atoms with Gasteiger partial charge in [-0.25, -0.2) is 4.79 Å². The van der Waals surface area contributed by atoms with Gasteiger partial charge in [-0.2, -0.15) is 0 Å². The van der Waals surface area contributed by atoms with Gasteiger partial charge in [0.2, 0.25) is 0 Å². The third-order valence-corrected chi connectivity index (χ3v) is 9.11. The number of hydrogen-bond donors (Lipinski definition) is 2. The molecule has 0 saturated carbocycles. The molecule has 0 radical (unpaired) electrons. The van der Waals surface area contributed by atoms with Crippen LogP contribution in [-0.2, 0) is 12.8 Å². The Morgan fingerprint density at radius 3 is 2.54 bits per heavy atom. The Labute approximate surface area is 229 Å². The highest BCUT2D eigenvalue weighted by molar-refractivity contribution is 9.10. The Morgan fingerprint density at radius 2 is 1.86 bits per heavy atom. The van der Waals surface area contributed by atoms with Crippen molar-refractivity contribution >= 4 is 44.1 Å². The van der Waals surface area contributed by atoms with Gasteiger partial charge in [-0.05, 0) is 88.8 Å². The number of benzene rings is 2. The second-order valence-electron chi connectivity index (χ2n) is 10.9. The Balaban J connectivity index is 1.40. The lowest BCUT2D eigenvalue weighted by atomic mass is 9.72. The van der Waals surface area contributed by atoms with Gasteiger partial charge < -0.3 is 20.1 Å². The van der Waals surface area contributed by atoms with E-state index in [2.05, 4.69) is 47.3 Å². The Kier molecular flexibility index (Phi) is 6.83. The van der Waals surface area contributed by atoms with Gasteiger partial charge in [-0.1, -0.05) is 38.5 Å². The van der Waals surface area contributed by atoms with Crippen molar-refractivity contribution in [3.05, 3.63) is 73.6 Å². The number of thiophene rings is 1. The largest absolute Gasteiger partial charge is 0.493 e. The zero-order valence-electron chi connectivity index (χ0n) is 21.7. The zero-order chi connectivity index (χ0) is 26.5. The third kappa shape index (κ3) is 5.01. The lowest BCUT2D eigenvalue weighted by molar-refractivity contribution is 0.0728. The molecule has 5 rings (SSSR count). The second kappa shape index (κ2) is 9.80. The fourth-order valence-corrected chi connectivity index (χ4v) is 6.94. The summed E-state index contributed by atoms with van der Waals surface area (Å²) in [5, 5.41) is 7.55. The van der Waals surface area contributed by atoms with Gasteiger partial charge in [0, 0.05) is 4.88 Å². The van der Waals surface area contributed by atoms with E-state index in [1.807, 2.05) is 25.1 Å². The lowest BCUT2D eigenvalue weighted by Gasteiger charge is -2.34. The molecule has 2 heterocycles. The van der Waals surface area contributed by atoms with Crippen LogP contribution in [0.2, 0.25) is 0 Å². The molecule has 0 fully saturated rings. The molecule has 2 aliphatic rings. The van der Waals surface area contributed by atoms with Crippen molar-refractivity contribution in [1.29, 1.82) is 0 Å². The van der Waals surface area contributed by atoms with Gasteiger partial charge in [0.1, 0.15) is 11.2 Å². The molecule has 0 unspecified atom stereocenters. The topological polar surface area (TPSA) is 76.7 Å². The Hall–Kier alpha value is -2.84. The maximum Gasteiger partial charge on any atom is 0.343 e. The molecule has 8 heteroatoms. The van der Waals surface area contributed by atoms with Crippen LogP contribution in [0.5, 0.6) is 11.5 Å². The predicted octanol–water partition coefficient (Wildman–Crippen LogP) is 7.05. The van der Waals surface area contributed by atoms with E-state index in [1.165, 1.54) is 17.6 Å². The minimum Gasteiger partial charge on any atom is -0.493 e. The van der Waals surface area contributed by atoms with Crippen molar-refractivity contribution in [3.63, 3.8) is 0 Å². The summed E-state index contributed by atoms with van der Waals surface area (Å²) in [6, 6.07) is 10.8. The smallest absolute Gasteiger partial charge is 0.343 e. The molecule has 2 N–H and O–H groups in total. The number of ether oxygens (including phenoxy) is 2. The van der Waals surface area contributed by atoms with Gasteiger partial charge in [0.15, 0.2) is 11.5 Å². The molecule has 1 aromatic heterocycles. The van der Waals surface area contributed by atoms with Gasteiger partial charge in [0.25, 0.3) is 5.91 Å². The highest BCUT2D eigenvalue weighted by Crippen LogP contribution is 2.47. The molecule has 1 aliphatic heterocycles. The molecule has 2 atom stereocenters. The van der Waals surface area contributed by atoms with Gasteiger partial charge in [0.05, 0.1) is 22.7 Å². The average Bonchev–Trinajstić information content (AvgIpc) is 3.23. The second-order valence-corrected chi connectivity index (χ2v) is 12.8. The summed E-state index contributed by atoms with van der Waals surface area (Å²) in [7, 11) is 1.53. The van der Waals surface area contributed by atoms with Crippen LogP contribution in [0.4, 0.5) is 5.00 Å². The van der Waals surface area contributed by atoms with Crippen LogP contribution in [0.1, 0.15) is 75.6 Å². The molecule has 0 spiro atoms. The first-order chi connectivity index (χ1) is 17.5. The van der Waals surface area contributed by atoms with E-state index in [0.29, 0.717) is 27.5 Å². The van der Waals surface area contributed by atoms with Crippen molar-refractivity contribution in [2.75, 3.05) is 12.4 Å². The number of carbonyl (C=O) groups is 2. The quantitative estimate of drug-likeness (QED) is 0.254. The first-order valence-corrected chi connectivity index (χ1v) is 14.0. The lowest BCUT2D eigenvalue weighted by Crippen LogP contribution is -2.38. The SMILES string of the molecule is COc1cc([C@H]2NC(=O)c3c(sc4c3CC[C@@H](C(C)(C)C)C4)N2)cc(Br)c1OC(=O)c1ccc(C)cc1. The molecule has 2 aromatic carbocycles. The maximum absolute atomic E-state index is 13.3. The zero-order valence-corrected chi connectivity index (χ0v) is 24.1. The van der Waals surface area contributed by atoms with Crippen molar-refractivity contribution < 1.29 is 19.1 Å². The van der Waals surface area contributed by atoms with Crippen LogP contribution >= 0.6 is 27.3 Å². The van der Waals surface area contributed by atoms with Crippen molar-refractivity contribution in [2.24, 2.45) is 11.3 Å². The van der Waals surface area contributed by atoms with E-state index < -0.39 is 12.1 Å². The molecular formula is C29H31BrN2O4S. The molecule has 0 bridgehead atoms. The Morgan fingerprint density at radius 1 is 1.14 bits per heavy atom. The molecular weight excluding hydrogens is 552 g/mol. The standard InChI is InChI=1S/C29H31BrN2O4S/c1-15-6-8-16(9-7-15)28(34)36-24-20(30)12-17(13-21(24)35-5)25-31-26(33)23-19-11-10-18(29(2,3)4)14-22(19)37-27(23)32-25/h6-9,12-13,18,25,32H,10-11,14H2,1-5H3,(H,31,33)/t18-,25+/m1/s1. The summed E-state index contributed by atoms with van der Waals surface area (Å²) in [4.78, 5) is 27.3. The first kappa shape index (κ1) is 25.8. The molecule has 194 valence electrons. The number of anilines is 1. The molecule has 3 aromatic rings. The normalized spacial score (nSPS) is 18.8. The number of halogens is 1. The molecule has 1 aliphatic carbocycles. The van der Waals surface area contributed by atoms with Crippen LogP contribution in [0.15, 0.2) is 40.9 Å². The number of fused-ring (bicyclic) bond motifs is 3. The molecule has 37 heavy (non-hydrogen) atoms. The number of aryl methyl sites for hydroxylation is 1. The minimum atomic E-state index is -0.474. The van der Waals surface area contributed by atoms with Crippen LogP contribution in [0.25, 0.3) is 0 Å². The van der Waals surface area contributed by atoms with Crippen molar-refractivity contribution in [2.45, 2.75) is 53.1 Å². The maximum atomic E-state index is 13.3. The highest BCUT2D eigenvalue weighted by atomic mass is 79.9. The van der Waals surface area contributed by atoms with E-state index in [-0.39, 0.29) is 11.3 Å². The monoisotopic (exact) mass is 582 g/mol. The van der Waals surface area contributed by atoms with Crippen molar-refractivity contribution in [1.82, 2.24) is 5.32 Å².